The number of fused-ring (bicyclic) bond motifs is 1. The van der Waals surface area contributed by atoms with E-state index in [9.17, 15) is 28.0 Å². The van der Waals surface area contributed by atoms with Gasteiger partial charge >= 0.3 is 12.1 Å². The van der Waals surface area contributed by atoms with Gasteiger partial charge in [-0.2, -0.15) is 18.4 Å². The quantitative estimate of drug-likeness (QED) is 0.120. The summed E-state index contributed by atoms with van der Waals surface area (Å²) in [6.45, 7) is 0. The Morgan fingerprint density at radius 3 is 2.39 bits per heavy atom. The summed E-state index contributed by atoms with van der Waals surface area (Å²) < 4.78 is 51.9. The Morgan fingerprint density at radius 2 is 1.75 bits per heavy atom. The van der Waals surface area contributed by atoms with Gasteiger partial charge in [-0.3, -0.25) is 4.79 Å². The molecule has 0 aliphatic heterocycles. The molecule has 0 N–H and O–H groups in total. The summed E-state index contributed by atoms with van der Waals surface area (Å²) in [4.78, 5) is 25.6. The lowest BCUT2D eigenvalue weighted by Crippen LogP contribution is -2.16. The molecule has 5 nitrogen and oxygen atoms in total. The first kappa shape index (κ1) is 25.0. The van der Waals surface area contributed by atoms with Crippen molar-refractivity contribution in [1.29, 1.82) is 5.26 Å². The molecule has 0 bridgehead atoms. The summed E-state index contributed by atoms with van der Waals surface area (Å²) in [5, 5.41) is 9.13. The largest absolute Gasteiger partial charge is 0.450 e. The van der Waals surface area contributed by atoms with E-state index in [-0.39, 0.29) is 32.3 Å². The molecule has 10 heteroatoms. The van der Waals surface area contributed by atoms with Crippen LogP contribution in [0.5, 0.6) is 5.75 Å². The Balaban J connectivity index is 1.79. The van der Waals surface area contributed by atoms with Gasteiger partial charge in [0.2, 0.25) is 11.2 Å². The van der Waals surface area contributed by atoms with Crippen molar-refractivity contribution in [2.24, 2.45) is 0 Å². The SMILES string of the molecule is N#C/C(=C\c1ccccc1)C(=O)Oc1ccc2c(=O)c(-c3ccc(Cl)cc3Cl)c(C(F)(F)F)oc2c1. The minimum absolute atomic E-state index is 0.167. The number of hydrogen-bond acceptors (Lipinski definition) is 5. The summed E-state index contributed by atoms with van der Waals surface area (Å²) >= 11 is 11.9. The second-order valence-electron chi connectivity index (χ2n) is 7.39. The zero-order valence-electron chi connectivity index (χ0n) is 17.9. The summed E-state index contributed by atoms with van der Waals surface area (Å²) in [6.07, 6.45) is -3.75. The molecule has 4 aromatic rings. The maximum atomic E-state index is 13.9. The van der Waals surface area contributed by atoms with Gasteiger partial charge in [0.05, 0.1) is 16.0 Å². The molecule has 1 heterocycles. The summed E-state index contributed by atoms with van der Waals surface area (Å²) in [6, 6.07) is 17.3. The molecule has 1 aromatic heterocycles. The van der Waals surface area contributed by atoms with Crippen LogP contribution < -0.4 is 10.2 Å². The van der Waals surface area contributed by atoms with Gasteiger partial charge in [0.15, 0.2) is 0 Å². The molecule has 4 rings (SSSR count). The maximum Gasteiger partial charge on any atom is 0.450 e. The molecule has 0 amide bonds. The molecular formula is C26H12Cl2F3NO4. The number of carbonyl (C=O) groups is 1. The number of carbonyl (C=O) groups excluding carboxylic acids is 1. The molecule has 36 heavy (non-hydrogen) atoms. The van der Waals surface area contributed by atoms with Crippen molar-refractivity contribution in [3.63, 3.8) is 0 Å². The number of nitrogens with zero attached hydrogens (tertiary/aromatic N) is 1. The van der Waals surface area contributed by atoms with Crippen LogP contribution in [0.1, 0.15) is 11.3 Å². The number of alkyl halides is 3. The number of nitriles is 1. The molecule has 0 saturated carbocycles. The average molecular weight is 530 g/mol. The van der Waals surface area contributed by atoms with E-state index < -0.39 is 34.5 Å². The van der Waals surface area contributed by atoms with Gasteiger partial charge in [-0.15, -0.1) is 0 Å². The van der Waals surface area contributed by atoms with Gasteiger partial charge in [-0.25, -0.2) is 4.79 Å². The maximum absolute atomic E-state index is 13.9. The number of halogens is 5. The summed E-state index contributed by atoms with van der Waals surface area (Å²) in [5.74, 6) is -2.84. The lowest BCUT2D eigenvalue weighted by atomic mass is 10.0. The van der Waals surface area contributed by atoms with E-state index in [1.165, 1.54) is 30.3 Å². The minimum atomic E-state index is -5.05. The predicted molar refractivity (Wildman–Crippen MR) is 129 cm³/mol. The molecule has 180 valence electrons. The van der Waals surface area contributed by atoms with Gasteiger partial charge in [-0.05, 0) is 35.9 Å². The Hall–Kier alpha value is -4.06. The first-order chi connectivity index (χ1) is 17.1. The second kappa shape index (κ2) is 9.90. The highest BCUT2D eigenvalue weighted by atomic mass is 35.5. The van der Waals surface area contributed by atoms with Gasteiger partial charge in [0.25, 0.3) is 0 Å². The Bertz CT molecular complexity index is 1620. The topological polar surface area (TPSA) is 80.3 Å². The average Bonchev–Trinajstić information content (AvgIpc) is 2.83. The molecular weight excluding hydrogens is 518 g/mol. The van der Waals surface area contributed by atoms with Crippen LogP contribution in [0.4, 0.5) is 13.2 Å². The molecule has 0 unspecified atom stereocenters. The highest BCUT2D eigenvalue weighted by Gasteiger charge is 2.40. The smallest absolute Gasteiger partial charge is 0.450 e. The number of hydrogen-bond donors (Lipinski definition) is 0. The Labute approximate surface area is 211 Å². The van der Waals surface area contributed by atoms with E-state index in [2.05, 4.69) is 0 Å². The predicted octanol–water partition coefficient (Wildman–Crippen LogP) is 7.30. The van der Waals surface area contributed by atoms with E-state index >= 15 is 0 Å². The van der Waals surface area contributed by atoms with Crippen molar-refractivity contribution >= 4 is 46.2 Å². The molecule has 0 fully saturated rings. The van der Waals surface area contributed by atoms with Crippen LogP contribution in [0.3, 0.4) is 0 Å². The van der Waals surface area contributed by atoms with E-state index in [1.54, 1.807) is 36.4 Å². The van der Waals surface area contributed by atoms with Crippen molar-refractivity contribution < 1.29 is 27.1 Å². The molecule has 0 radical (unpaired) electrons. The van der Waals surface area contributed by atoms with Crippen molar-refractivity contribution in [1.82, 2.24) is 0 Å². The number of rotatable bonds is 4. The lowest BCUT2D eigenvalue weighted by Gasteiger charge is -2.14. The van der Waals surface area contributed by atoms with E-state index in [0.29, 0.717) is 5.56 Å². The van der Waals surface area contributed by atoms with Crippen LogP contribution >= 0.6 is 23.2 Å². The zero-order chi connectivity index (χ0) is 26.0. The van der Waals surface area contributed by atoms with E-state index in [4.69, 9.17) is 32.4 Å². The molecule has 0 spiro atoms. The van der Waals surface area contributed by atoms with Gasteiger partial charge in [0.1, 0.15) is 23.0 Å². The minimum Gasteiger partial charge on any atom is -0.450 e. The molecule has 0 saturated heterocycles. The Kier molecular flexibility index (Phi) is 6.88. The van der Waals surface area contributed by atoms with Crippen molar-refractivity contribution in [2.45, 2.75) is 6.18 Å². The van der Waals surface area contributed by atoms with E-state index in [0.717, 1.165) is 12.1 Å². The van der Waals surface area contributed by atoms with Crippen LogP contribution in [-0.4, -0.2) is 5.97 Å². The fraction of sp³-hybridized carbons (Fsp3) is 0.0385. The normalized spacial score (nSPS) is 11.8. The Morgan fingerprint density at radius 1 is 1.03 bits per heavy atom. The van der Waals surface area contributed by atoms with Crippen molar-refractivity contribution in [3.8, 4) is 22.9 Å². The van der Waals surface area contributed by atoms with Crippen molar-refractivity contribution in [3.05, 3.63) is 104 Å². The number of esters is 1. The molecule has 0 atom stereocenters. The fourth-order valence-corrected chi connectivity index (χ4v) is 3.89. The van der Waals surface area contributed by atoms with Crippen LogP contribution in [0.15, 0.2) is 81.5 Å². The van der Waals surface area contributed by atoms with Crippen molar-refractivity contribution in [2.75, 3.05) is 0 Å². The van der Waals surface area contributed by atoms with Crippen LogP contribution in [-0.2, 0) is 11.0 Å². The number of benzene rings is 3. The van der Waals surface area contributed by atoms with Gasteiger partial charge in [0, 0.05) is 16.7 Å². The van der Waals surface area contributed by atoms with Gasteiger partial charge in [-0.1, -0.05) is 59.6 Å². The third kappa shape index (κ3) is 5.13. The monoisotopic (exact) mass is 529 g/mol. The molecule has 3 aromatic carbocycles. The zero-order valence-corrected chi connectivity index (χ0v) is 19.4. The highest BCUT2D eigenvalue weighted by Crippen LogP contribution is 2.40. The second-order valence-corrected chi connectivity index (χ2v) is 8.23. The molecule has 0 aliphatic rings. The van der Waals surface area contributed by atoms with Crippen LogP contribution in [0, 0.1) is 11.3 Å². The molecule has 0 aliphatic carbocycles. The number of ether oxygens (including phenoxy) is 1. The van der Waals surface area contributed by atoms with Crippen LogP contribution in [0.25, 0.3) is 28.2 Å². The van der Waals surface area contributed by atoms with E-state index in [1.807, 2.05) is 0 Å². The van der Waals surface area contributed by atoms with Gasteiger partial charge < -0.3 is 9.15 Å². The highest BCUT2D eigenvalue weighted by molar-refractivity contribution is 6.36. The standard InChI is InChI=1S/C26H12Cl2F3NO4/c27-16-6-8-18(20(28)11-16)22-23(33)19-9-7-17(12-21(19)36-24(22)26(29,30)31)35-25(34)15(13-32)10-14-4-2-1-3-5-14/h1-12H/b15-10+. The third-order valence-corrected chi connectivity index (χ3v) is 5.53. The first-order valence-electron chi connectivity index (χ1n) is 10.1. The third-order valence-electron chi connectivity index (χ3n) is 4.98. The summed E-state index contributed by atoms with van der Waals surface area (Å²) in [5.41, 5.74) is -2.22. The fourth-order valence-electron chi connectivity index (χ4n) is 3.39. The lowest BCUT2D eigenvalue weighted by molar-refractivity contribution is -0.152. The first-order valence-corrected chi connectivity index (χ1v) is 10.9. The van der Waals surface area contributed by atoms with Crippen LogP contribution in [0.2, 0.25) is 10.0 Å². The summed E-state index contributed by atoms with van der Waals surface area (Å²) in [7, 11) is 0.